The third kappa shape index (κ3) is 2.65. The van der Waals surface area contributed by atoms with Crippen molar-refractivity contribution in [2.24, 2.45) is 0 Å². The normalized spacial score (nSPS) is 17.0. The number of ether oxygens (including phenoxy) is 1. The SMILES string of the molecule is COc1c(C(C)(C)C)cc2c(c1-c1ccccc1)C=C(C)C2[Si]. The Morgan fingerprint density at radius 3 is 2.30 bits per heavy atom. The second-order valence-corrected chi connectivity index (χ2v) is 7.85. The number of fused-ring (bicyclic) bond motifs is 1. The first-order valence-electron chi connectivity index (χ1n) is 8.04. The molecule has 1 nitrogen and oxygen atoms in total. The van der Waals surface area contributed by atoms with E-state index < -0.39 is 0 Å². The second-order valence-electron chi connectivity index (χ2n) is 7.27. The lowest BCUT2D eigenvalue weighted by Gasteiger charge is -2.27. The zero-order valence-electron chi connectivity index (χ0n) is 14.5. The Morgan fingerprint density at radius 2 is 1.74 bits per heavy atom. The third-order valence-corrected chi connectivity index (χ3v) is 5.33. The molecule has 0 fully saturated rings. The van der Waals surface area contributed by atoms with Gasteiger partial charge in [0.05, 0.1) is 7.11 Å². The summed E-state index contributed by atoms with van der Waals surface area (Å²) in [6.45, 7) is 8.90. The van der Waals surface area contributed by atoms with Crippen molar-refractivity contribution < 1.29 is 4.74 Å². The molecule has 3 radical (unpaired) electrons. The van der Waals surface area contributed by atoms with E-state index in [2.05, 4.69) is 80.4 Å². The Labute approximate surface area is 142 Å². The fourth-order valence-corrected chi connectivity index (χ4v) is 3.63. The lowest BCUT2D eigenvalue weighted by atomic mass is 9.81. The summed E-state index contributed by atoms with van der Waals surface area (Å²) in [4.78, 5) is 0. The summed E-state index contributed by atoms with van der Waals surface area (Å²) in [6, 6.07) is 12.9. The van der Waals surface area contributed by atoms with E-state index in [1.54, 1.807) is 7.11 Å². The Morgan fingerprint density at radius 1 is 1.09 bits per heavy atom. The van der Waals surface area contributed by atoms with Crippen LogP contribution in [-0.2, 0) is 5.41 Å². The predicted molar refractivity (Wildman–Crippen MR) is 99.3 cm³/mol. The standard InChI is InChI=1S/C21H23OSi/c1-13-11-15-16(20(13)23)12-17(21(2,3)4)19(22-5)18(15)14-9-7-6-8-10-14/h6-12,20H,1-5H3. The van der Waals surface area contributed by atoms with Gasteiger partial charge in [-0.05, 0) is 34.6 Å². The Bertz CT molecular complexity index is 767. The zero-order valence-corrected chi connectivity index (χ0v) is 15.5. The lowest BCUT2D eigenvalue weighted by Crippen LogP contribution is -2.15. The first-order valence-corrected chi connectivity index (χ1v) is 8.62. The van der Waals surface area contributed by atoms with E-state index in [0.29, 0.717) is 0 Å². The fourth-order valence-electron chi connectivity index (χ4n) is 3.31. The van der Waals surface area contributed by atoms with Gasteiger partial charge in [0.15, 0.2) is 0 Å². The highest BCUT2D eigenvalue weighted by molar-refractivity contribution is 6.17. The second kappa shape index (κ2) is 5.68. The minimum Gasteiger partial charge on any atom is -0.496 e. The van der Waals surface area contributed by atoms with Gasteiger partial charge in [-0.15, -0.1) is 0 Å². The van der Waals surface area contributed by atoms with Gasteiger partial charge in [0.2, 0.25) is 0 Å². The van der Waals surface area contributed by atoms with Gasteiger partial charge in [-0.25, -0.2) is 0 Å². The van der Waals surface area contributed by atoms with Crippen LogP contribution in [0.25, 0.3) is 17.2 Å². The van der Waals surface area contributed by atoms with Gasteiger partial charge in [-0.2, -0.15) is 0 Å². The monoisotopic (exact) mass is 319 g/mol. The highest BCUT2D eigenvalue weighted by Crippen LogP contribution is 2.48. The van der Waals surface area contributed by atoms with Crippen LogP contribution in [0.5, 0.6) is 5.75 Å². The minimum atomic E-state index is 0.0202. The smallest absolute Gasteiger partial charge is 0.131 e. The van der Waals surface area contributed by atoms with Crippen LogP contribution < -0.4 is 4.74 Å². The maximum atomic E-state index is 5.91. The molecule has 2 aromatic rings. The molecule has 0 saturated carbocycles. The van der Waals surface area contributed by atoms with Crippen LogP contribution in [0.15, 0.2) is 42.0 Å². The van der Waals surface area contributed by atoms with Gasteiger partial charge >= 0.3 is 0 Å². The summed E-state index contributed by atoms with van der Waals surface area (Å²) >= 11 is 0. The molecule has 23 heavy (non-hydrogen) atoms. The van der Waals surface area contributed by atoms with Gasteiger partial charge in [-0.1, -0.05) is 68.8 Å². The zero-order chi connectivity index (χ0) is 16.8. The Kier molecular flexibility index (Phi) is 3.97. The molecule has 0 saturated heterocycles. The molecule has 2 heteroatoms. The number of hydrogen-bond donors (Lipinski definition) is 0. The first kappa shape index (κ1) is 16.1. The van der Waals surface area contributed by atoms with E-state index in [0.717, 1.165) is 5.75 Å². The van der Waals surface area contributed by atoms with Gasteiger partial charge in [0, 0.05) is 21.4 Å². The number of benzene rings is 2. The van der Waals surface area contributed by atoms with E-state index in [-0.39, 0.29) is 11.0 Å². The van der Waals surface area contributed by atoms with Crippen molar-refractivity contribution in [3.63, 3.8) is 0 Å². The predicted octanol–water partition coefficient (Wildman–Crippen LogP) is 5.29. The molecule has 0 amide bonds. The van der Waals surface area contributed by atoms with Crippen LogP contribution in [0.1, 0.15) is 49.9 Å². The van der Waals surface area contributed by atoms with Crippen molar-refractivity contribution in [1.82, 2.24) is 0 Å². The highest BCUT2D eigenvalue weighted by Gasteiger charge is 2.30. The summed E-state index contributed by atoms with van der Waals surface area (Å²) < 4.78 is 5.91. The molecule has 0 aromatic heterocycles. The molecule has 0 heterocycles. The van der Waals surface area contributed by atoms with Crippen LogP contribution >= 0.6 is 0 Å². The van der Waals surface area contributed by atoms with Crippen molar-refractivity contribution >= 4 is 16.3 Å². The van der Waals surface area contributed by atoms with E-state index in [4.69, 9.17) is 4.74 Å². The van der Waals surface area contributed by atoms with Crippen LogP contribution in [0, 0.1) is 0 Å². The molecule has 0 aliphatic heterocycles. The van der Waals surface area contributed by atoms with Gasteiger partial charge in [0.1, 0.15) is 5.75 Å². The van der Waals surface area contributed by atoms with E-state index in [1.807, 2.05) is 0 Å². The molecular weight excluding hydrogens is 296 g/mol. The molecule has 1 aliphatic rings. The number of allylic oxidation sites excluding steroid dienone is 1. The van der Waals surface area contributed by atoms with E-state index >= 15 is 0 Å². The van der Waals surface area contributed by atoms with E-state index in [9.17, 15) is 0 Å². The average molecular weight is 320 g/mol. The molecule has 2 aromatic carbocycles. The lowest BCUT2D eigenvalue weighted by molar-refractivity contribution is 0.399. The van der Waals surface area contributed by atoms with Crippen molar-refractivity contribution in [3.8, 4) is 16.9 Å². The maximum absolute atomic E-state index is 5.91. The largest absolute Gasteiger partial charge is 0.496 e. The molecule has 3 rings (SSSR count). The van der Waals surface area contributed by atoms with Crippen LogP contribution in [0.4, 0.5) is 0 Å². The van der Waals surface area contributed by atoms with Gasteiger partial charge in [0.25, 0.3) is 0 Å². The van der Waals surface area contributed by atoms with Gasteiger partial charge < -0.3 is 4.74 Å². The topological polar surface area (TPSA) is 9.23 Å². The minimum absolute atomic E-state index is 0.0202. The van der Waals surface area contributed by atoms with Crippen molar-refractivity contribution in [2.45, 2.75) is 38.7 Å². The van der Waals surface area contributed by atoms with Crippen LogP contribution in [-0.4, -0.2) is 17.4 Å². The fraction of sp³-hybridized carbons (Fsp3) is 0.333. The molecule has 117 valence electrons. The Hall–Kier alpha value is -1.80. The average Bonchev–Trinajstić information content (AvgIpc) is 2.80. The molecule has 1 unspecified atom stereocenters. The van der Waals surface area contributed by atoms with Crippen molar-refractivity contribution in [3.05, 3.63) is 58.7 Å². The molecule has 1 aliphatic carbocycles. The maximum Gasteiger partial charge on any atom is 0.131 e. The summed E-state index contributed by atoms with van der Waals surface area (Å²) in [5.74, 6) is 0.993. The van der Waals surface area contributed by atoms with Crippen molar-refractivity contribution in [1.29, 1.82) is 0 Å². The molecule has 0 bridgehead atoms. The number of methoxy groups -OCH3 is 1. The Balaban J connectivity index is 2.40. The first-order chi connectivity index (χ1) is 10.8. The van der Waals surface area contributed by atoms with Crippen LogP contribution in [0.2, 0.25) is 0 Å². The molecule has 1 atom stereocenters. The van der Waals surface area contributed by atoms with E-state index in [1.165, 1.54) is 33.4 Å². The number of hydrogen-bond acceptors (Lipinski definition) is 1. The quantitative estimate of drug-likeness (QED) is 0.684. The van der Waals surface area contributed by atoms with Gasteiger partial charge in [-0.3, -0.25) is 0 Å². The molecule has 0 N–H and O–H groups in total. The summed E-state index contributed by atoms with van der Waals surface area (Å²) in [7, 11) is 5.68. The van der Waals surface area contributed by atoms with Crippen molar-refractivity contribution in [2.75, 3.05) is 7.11 Å². The van der Waals surface area contributed by atoms with Crippen LogP contribution in [0.3, 0.4) is 0 Å². The highest BCUT2D eigenvalue weighted by atomic mass is 28.1. The summed E-state index contributed by atoms with van der Waals surface area (Å²) in [6.07, 6.45) is 2.28. The molecule has 0 spiro atoms. The number of rotatable bonds is 2. The molecular formula is C21H23OSi. The summed E-state index contributed by atoms with van der Waals surface area (Å²) in [5.41, 5.74) is 7.91. The summed E-state index contributed by atoms with van der Waals surface area (Å²) in [5, 5.41) is 0. The third-order valence-electron chi connectivity index (χ3n) is 4.56.